The van der Waals surface area contributed by atoms with Crippen LogP contribution in [0.4, 0.5) is 4.39 Å². The highest BCUT2D eigenvalue weighted by Crippen LogP contribution is 2.33. The Kier molecular flexibility index (Phi) is 10.0. The number of hydrogen-bond acceptors (Lipinski definition) is 6. The minimum Gasteiger partial charge on any atom is -0.485 e. The van der Waals surface area contributed by atoms with E-state index in [2.05, 4.69) is 0 Å². The summed E-state index contributed by atoms with van der Waals surface area (Å²) in [6.45, 7) is 3.85. The summed E-state index contributed by atoms with van der Waals surface area (Å²) in [6, 6.07) is 22.5. The highest BCUT2D eigenvalue weighted by atomic mass is 32.2. The zero-order valence-corrected chi connectivity index (χ0v) is 25.0. The van der Waals surface area contributed by atoms with E-state index in [-0.39, 0.29) is 27.9 Å². The molecule has 0 bridgehead atoms. The minimum atomic E-state index is -4.34. The Morgan fingerprint density at radius 3 is 1.90 bits per heavy atom. The molecule has 0 aromatic heterocycles. The van der Waals surface area contributed by atoms with Gasteiger partial charge in [-0.2, -0.15) is 16.8 Å². The SMILES string of the molecule is Cc1ccc(S(=O)(=O)O)c(CCCCCc2cc(C)ccc2S(=O)(=O)Oc2cc(F)ccc2OCc2ccccc2)c1. The van der Waals surface area contributed by atoms with Crippen LogP contribution in [0, 0.1) is 19.7 Å². The normalized spacial score (nSPS) is 11.8. The molecular formula is C32H33FO7S2. The van der Waals surface area contributed by atoms with Gasteiger partial charge in [-0.15, -0.1) is 0 Å². The van der Waals surface area contributed by atoms with E-state index in [0.29, 0.717) is 43.2 Å². The molecule has 0 spiro atoms. The third-order valence-corrected chi connectivity index (χ3v) is 9.00. The molecule has 0 fully saturated rings. The van der Waals surface area contributed by atoms with E-state index in [4.69, 9.17) is 8.92 Å². The summed E-state index contributed by atoms with van der Waals surface area (Å²) in [4.78, 5) is -0.111. The lowest BCUT2D eigenvalue weighted by Crippen LogP contribution is -2.13. The van der Waals surface area contributed by atoms with Gasteiger partial charge in [0.15, 0.2) is 11.5 Å². The Bertz CT molecular complexity index is 1750. The molecule has 0 heterocycles. The molecule has 42 heavy (non-hydrogen) atoms. The number of rotatable bonds is 13. The predicted molar refractivity (Wildman–Crippen MR) is 158 cm³/mol. The average molecular weight is 613 g/mol. The maximum absolute atomic E-state index is 14.1. The quantitative estimate of drug-likeness (QED) is 0.0985. The number of unbranched alkanes of at least 4 members (excludes halogenated alkanes) is 2. The third kappa shape index (κ3) is 8.40. The van der Waals surface area contributed by atoms with Crippen molar-refractivity contribution in [2.75, 3.05) is 0 Å². The first-order chi connectivity index (χ1) is 19.9. The summed E-state index contributed by atoms with van der Waals surface area (Å²) >= 11 is 0. The molecule has 4 aromatic carbocycles. The van der Waals surface area contributed by atoms with Gasteiger partial charge < -0.3 is 8.92 Å². The molecule has 4 aromatic rings. The smallest absolute Gasteiger partial charge is 0.339 e. The van der Waals surface area contributed by atoms with Crippen LogP contribution < -0.4 is 8.92 Å². The van der Waals surface area contributed by atoms with Gasteiger partial charge in [-0.05, 0) is 80.5 Å². The molecule has 0 aliphatic carbocycles. The van der Waals surface area contributed by atoms with Crippen LogP contribution in [0.3, 0.4) is 0 Å². The number of halogens is 1. The molecule has 0 aliphatic heterocycles. The van der Waals surface area contributed by atoms with Gasteiger partial charge in [0.1, 0.15) is 17.3 Å². The lowest BCUT2D eigenvalue weighted by Gasteiger charge is -2.15. The maximum Gasteiger partial charge on any atom is 0.339 e. The van der Waals surface area contributed by atoms with Crippen LogP contribution in [0.1, 0.15) is 47.1 Å². The summed E-state index contributed by atoms with van der Waals surface area (Å²) in [5.74, 6) is -0.815. The van der Waals surface area contributed by atoms with Crippen molar-refractivity contribution >= 4 is 20.2 Å². The maximum atomic E-state index is 14.1. The molecule has 222 valence electrons. The number of aryl methyl sites for hydroxylation is 4. The second-order valence-electron chi connectivity index (χ2n) is 10.2. The van der Waals surface area contributed by atoms with Crippen LogP contribution in [0.2, 0.25) is 0 Å². The number of hydrogen-bond donors (Lipinski definition) is 1. The lowest BCUT2D eigenvalue weighted by atomic mass is 10.0. The highest BCUT2D eigenvalue weighted by molar-refractivity contribution is 7.87. The van der Waals surface area contributed by atoms with E-state index in [1.165, 1.54) is 24.3 Å². The number of benzene rings is 4. The summed E-state index contributed by atoms with van der Waals surface area (Å²) in [5, 5.41) is 0. The fourth-order valence-electron chi connectivity index (χ4n) is 4.68. The molecule has 10 heteroatoms. The topological polar surface area (TPSA) is 107 Å². The van der Waals surface area contributed by atoms with Crippen LogP contribution in [0.5, 0.6) is 11.5 Å². The standard InChI is InChI=1S/C32H33FO7S2/c1-23-13-17-31(41(34,35)36)26(19-23)11-7-4-8-12-27-20-24(2)14-18-32(27)42(37,38)40-30-21-28(33)15-16-29(30)39-22-25-9-5-3-6-10-25/h3,5-6,9-10,13-21H,4,7-8,11-12,22H2,1-2H3,(H,34,35,36). The molecule has 0 atom stereocenters. The fraction of sp³-hybridized carbons (Fsp3) is 0.250. The summed E-state index contributed by atoms with van der Waals surface area (Å²) in [6.07, 6.45) is 2.84. The van der Waals surface area contributed by atoms with E-state index < -0.39 is 26.1 Å². The summed E-state index contributed by atoms with van der Waals surface area (Å²) in [7, 11) is -8.66. The van der Waals surface area contributed by atoms with Gasteiger partial charge in [0.05, 0.1) is 4.90 Å². The van der Waals surface area contributed by atoms with Crippen molar-refractivity contribution in [1.29, 1.82) is 0 Å². The first-order valence-corrected chi connectivity index (χ1v) is 16.3. The van der Waals surface area contributed by atoms with Gasteiger partial charge in [-0.1, -0.05) is 72.1 Å². The molecule has 0 saturated carbocycles. The fourth-order valence-corrected chi connectivity index (χ4v) is 6.58. The molecule has 0 aliphatic rings. The van der Waals surface area contributed by atoms with Crippen molar-refractivity contribution in [3.8, 4) is 11.5 Å². The lowest BCUT2D eigenvalue weighted by molar-refractivity contribution is 0.295. The zero-order valence-electron chi connectivity index (χ0n) is 23.4. The van der Waals surface area contributed by atoms with Crippen molar-refractivity contribution in [3.05, 3.63) is 119 Å². The largest absolute Gasteiger partial charge is 0.485 e. The van der Waals surface area contributed by atoms with Gasteiger partial charge in [-0.3, -0.25) is 4.55 Å². The third-order valence-electron chi connectivity index (χ3n) is 6.71. The van der Waals surface area contributed by atoms with Crippen molar-refractivity contribution in [1.82, 2.24) is 0 Å². The summed E-state index contributed by atoms with van der Waals surface area (Å²) in [5.41, 5.74) is 3.73. The average Bonchev–Trinajstić information content (AvgIpc) is 2.92. The highest BCUT2D eigenvalue weighted by Gasteiger charge is 2.23. The molecule has 0 amide bonds. The number of ether oxygens (including phenoxy) is 1. The molecule has 0 saturated heterocycles. The monoisotopic (exact) mass is 612 g/mol. The molecular weight excluding hydrogens is 579 g/mol. The van der Waals surface area contributed by atoms with Gasteiger partial charge >= 0.3 is 10.1 Å². The Hall–Kier alpha value is -3.73. The first kappa shape index (κ1) is 31.2. The van der Waals surface area contributed by atoms with E-state index in [9.17, 15) is 25.8 Å². The van der Waals surface area contributed by atoms with Crippen LogP contribution in [-0.4, -0.2) is 21.4 Å². The Labute approximate surface area is 246 Å². The predicted octanol–water partition coefficient (Wildman–Crippen LogP) is 6.99. The van der Waals surface area contributed by atoms with Crippen molar-refractivity contribution in [3.63, 3.8) is 0 Å². The van der Waals surface area contributed by atoms with Gasteiger partial charge in [0.2, 0.25) is 0 Å². The van der Waals surface area contributed by atoms with E-state index in [0.717, 1.165) is 22.8 Å². The van der Waals surface area contributed by atoms with Crippen LogP contribution in [0.15, 0.2) is 94.7 Å². The zero-order chi connectivity index (χ0) is 30.3. The van der Waals surface area contributed by atoms with Crippen molar-refractivity contribution in [2.45, 2.75) is 62.3 Å². The van der Waals surface area contributed by atoms with E-state index >= 15 is 0 Å². The van der Waals surface area contributed by atoms with Crippen LogP contribution in [-0.2, 0) is 39.7 Å². The Morgan fingerprint density at radius 2 is 1.29 bits per heavy atom. The Balaban J connectivity index is 1.45. The molecule has 1 N–H and O–H groups in total. The molecule has 0 unspecified atom stereocenters. The van der Waals surface area contributed by atoms with Gasteiger partial charge in [0, 0.05) is 6.07 Å². The van der Waals surface area contributed by atoms with Gasteiger partial charge in [-0.25, -0.2) is 4.39 Å². The van der Waals surface area contributed by atoms with Crippen molar-refractivity contribution in [2.24, 2.45) is 0 Å². The van der Waals surface area contributed by atoms with E-state index in [1.54, 1.807) is 24.3 Å². The Morgan fingerprint density at radius 1 is 0.690 bits per heavy atom. The second kappa shape index (κ2) is 13.5. The molecule has 0 radical (unpaired) electrons. The van der Waals surface area contributed by atoms with Gasteiger partial charge in [0.25, 0.3) is 10.1 Å². The second-order valence-corrected chi connectivity index (χ2v) is 13.1. The van der Waals surface area contributed by atoms with E-state index in [1.807, 2.05) is 44.2 Å². The van der Waals surface area contributed by atoms with Crippen LogP contribution >= 0.6 is 0 Å². The summed E-state index contributed by atoms with van der Waals surface area (Å²) < 4.78 is 85.2. The van der Waals surface area contributed by atoms with Crippen LogP contribution in [0.25, 0.3) is 0 Å². The first-order valence-electron chi connectivity index (χ1n) is 13.5. The minimum absolute atomic E-state index is 0.0151. The molecule has 4 rings (SSSR count). The van der Waals surface area contributed by atoms with Crippen molar-refractivity contribution < 1.29 is 34.7 Å². The molecule has 7 nitrogen and oxygen atoms in total.